The van der Waals surface area contributed by atoms with Crippen molar-refractivity contribution in [1.82, 2.24) is 0 Å². The highest BCUT2D eigenvalue weighted by Gasteiger charge is 2.48. The van der Waals surface area contributed by atoms with E-state index in [9.17, 15) is 24.9 Å². The number of rotatable bonds is 7. The van der Waals surface area contributed by atoms with Gasteiger partial charge < -0.3 is 29.9 Å². The van der Waals surface area contributed by atoms with Crippen LogP contribution in [0.3, 0.4) is 0 Å². The molecule has 29 heavy (non-hydrogen) atoms. The molecule has 0 amide bonds. The number of carboxylic acid groups (broad SMARTS) is 1. The average Bonchev–Trinajstić information content (AvgIpc) is 2.73. The molecule has 0 aliphatic carbocycles. The number of carboxylic acids is 1. The average molecular weight is 402 g/mol. The summed E-state index contributed by atoms with van der Waals surface area (Å²) in [6, 6.07) is 15.8. The van der Waals surface area contributed by atoms with Crippen LogP contribution in [0.15, 0.2) is 54.6 Å². The molecular formula is C21H22O8. The van der Waals surface area contributed by atoms with Crippen LogP contribution < -0.4 is 4.74 Å². The van der Waals surface area contributed by atoms with Crippen molar-refractivity contribution >= 4 is 11.8 Å². The summed E-state index contributed by atoms with van der Waals surface area (Å²) in [6.45, 7) is 0. The minimum absolute atomic E-state index is 0.108. The van der Waals surface area contributed by atoms with Gasteiger partial charge in [-0.05, 0) is 24.1 Å². The Kier molecular flexibility index (Phi) is 6.60. The molecule has 0 aromatic heterocycles. The molecule has 154 valence electrons. The number of benzene rings is 2. The second-order valence-electron chi connectivity index (χ2n) is 6.79. The number of ketones is 1. The van der Waals surface area contributed by atoms with Crippen molar-refractivity contribution in [2.75, 3.05) is 0 Å². The van der Waals surface area contributed by atoms with Crippen molar-refractivity contribution in [3.8, 4) is 5.75 Å². The van der Waals surface area contributed by atoms with Gasteiger partial charge >= 0.3 is 5.97 Å². The predicted molar refractivity (Wildman–Crippen MR) is 100 cm³/mol. The number of Topliss-reactive ketones (excluding diaryl/α,β-unsaturated/α-hetero) is 1. The molecule has 1 heterocycles. The molecule has 5 atom stereocenters. The van der Waals surface area contributed by atoms with E-state index in [2.05, 4.69) is 0 Å². The zero-order valence-corrected chi connectivity index (χ0v) is 15.4. The highest BCUT2D eigenvalue weighted by Crippen LogP contribution is 2.25. The molecule has 3 rings (SSSR count). The standard InChI is InChI=1S/C21H22O8/c22-15(10-9-12-5-2-1-3-6-12)13-7-4-8-14(11-13)28-21-18(25)16(23)17(24)19(29-21)20(26)27/h1-8,11,16-19,21,23-25H,9-10H2,(H,26,27). The highest BCUT2D eigenvalue weighted by atomic mass is 16.7. The van der Waals surface area contributed by atoms with Gasteiger partial charge in [0.2, 0.25) is 6.29 Å². The monoisotopic (exact) mass is 402 g/mol. The van der Waals surface area contributed by atoms with Crippen LogP contribution in [0.2, 0.25) is 0 Å². The van der Waals surface area contributed by atoms with Crippen LogP contribution in [0.5, 0.6) is 5.75 Å². The Morgan fingerprint density at radius 1 is 0.931 bits per heavy atom. The number of ether oxygens (including phenoxy) is 2. The molecule has 0 spiro atoms. The lowest BCUT2D eigenvalue weighted by Gasteiger charge is -2.38. The van der Waals surface area contributed by atoms with Crippen LogP contribution in [0.25, 0.3) is 0 Å². The maximum atomic E-state index is 12.5. The molecule has 1 aliphatic rings. The van der Waals surface area contributed by atoms with Crippen LogP contribution in [0.4, 0.5) is 0 Å². The van der Waals surface area contributed by atoms with E-state index in [1.807, 2.05) is 30.3 Å². The van der Waals surface area contributed by atoms with Gasteiger partial charge in [0.25, 0.3) is 0 Å². The first-order chi connectivity index (χ1) is 13.9. The van der Waals surface area contributed by atoms with Crippen LogP contribution in [-0.2, 0) is 16.0 Å². The largest absolute Gasteiger partial charge is 0.479 e. The van der Waals surface area contributed by atoms with Crippen LogP contribution in [-0.4, -0.2) is 62.9 Å². The first-order valence-corrected chi connectivity index (χ1v) is 9.13. The Morgan fingerprint density at radius 3 is 2.34 bits per heavy atom. The molecule has 5 unspecified atom stereocenters. The second kappa shape index (κ2) is 9.15. The van der Waals surface area contributed by atoms with E-state index in [-0.39, 0.29) is 11.5 Å². The van der Waals surface area contributed by atoms with E-state index in [1.54, 1.807) is 12.1 Å². The third-order valence-electron chi connectivity index (χ3n) is 4.70. The van der Waals surface area contributed by atoms with E-state index < -0.39 is 36.7 Å². The van der Waals surface area contributed by atoms with Crippen LogP contribution >= 0.6 is 0 Å². The SMILES string of the molecule is O=C(CCc1ccccc1)c1cccc(OC2OC(C(=O)O)C(O)C(O)C2O)c1. The molecular weight excluding hydrogens is 380 g/mol. The number of aryl methyl sites for hydroxylation is 1. The van der Waals surface area contributed by atoms with Gasteiger partial charge in [0, 0.05) is 12.0 Å². The van der Waals surface area contributed by atoms with Gasteiger partial charge in [0.1, 0.15) is 24.1 Å². The normalized spacial score (nSPS) is 26.7. The summed E-state index contributed by atoms with van der Waals surface area (Å²) < 4.78 is 10.5. The van der Waals surface area contributed by atoms with Crippen molar-refractivity contribution in [2.45, 2.75) is 43.5 Å². The van der Waals surface area contributed by atoms with Crippen LogP contribution in [0.1, 0.15) is 22.3 Å². The zero-order chi connectivity index (χ0) is 21.0. The summed E-state index contributed by atoms with van der Waals surface area (Å²) in [6.07, 6.45) is -7.63. The third kappa shape index (κ3) is 4.99. The molecule has 8 heteroatoms. The Hall–Kier alpha value is -2.78. The Labute approximate surface area is 166 Å². The maximum Gasteiger partial charge on any atom is 0.335 e. The number of hydrogen-bond acceptors (Lipinski definition) is 7. The molecule has 4 N–H and O–H groups in total. The minimum atomic E-state index is -1.80. The number of aliphatic carboxylic acids is 1. The fraction of sp³-hybridized carbons (Fsp3) is 0.333. The van der Waals surface area contributed by atoms with Crippen molar-refractivity contribution in [3.63, 3.8) is 0 Å². The summed E-state index contributed by atoms with van der Waals surface area (Å²) >= 11 is 0. The summed E-state index contributed by atoms with van der Waals surface area (Å²) in [7, 11) is 0. The zero-order valence-electron chi connectivity index (χ0n) is 15.4. The Balaban J connectivity index is 1.67. The topological polar surface area (TPSA) is 134 Å². The molecule has 2 aromatic carbocycles. The van der Waals surface area contributed by atoms with Crippen molar-refractivity contribution in [2.24, 2.45) is 0 Å². The van der Waals surface area contributed by atoms with Gasteiger partial charge in [0.05, 0.1) is 0 Å². The number of carbonyl (C=O) groups is 2. The lowest BCUT2D eigenvalue weighted by Crippen LogP contribution is -2.61. The minimum Gasteiger partial charge on any atom is -0.479 e. The van der Waals surface area contributed by atoms with E-state index in [0.717, 1.165) is 5.56 Å². The van der Waals surface area contributed by atoms with E-state index in [4.69, 9.17) is 14.6 Å². The van der Waals surface area contributed by atoms with E-state index >= 15 is 0 Å². The highest BCUT2D eigenvalue weighted by molar-refractivity contribution is 5.96. The first kappa shape index (κ1) is 20.9. The molecule has 0 bridgehead atoms. The van der Waals surface area contributed by atoms with Gasteiger partial charge in [-0.2, -0.15) is 0 Å². The van der Waals surface area contributed by atoms with Gasteiger partial charge in [-0.25, -0.2) is 4.79 Å². The first-order valence-electron chi connectivity index (χ1n) is 9.13. The smallest absolute Gasteiger partial charge is 0.335 e. The fourth-order valence-corrected chi connectivity index (χ4v) is 3.07. The molecule has 8 nitrogen and oxygen atoms in total. The second-order valence-corrected chi connectivity index (χ2v) is 6.79. The Morgan fingerprint density at radius 2 is 1.66 bits per heavy atom. The number of aliphatic hydroxyl groups excluding tert-OH is 3. The summed E-state index contributed by atoms with van der Waals surface area (Å²) in [4.78, 5) is 23.6. The maximum absolute atomic E-state index is 12.5. The van der Waals surface area contributed by atoms with Crippen molar-refractivity contribution < 1.29 is 39.5 Å². The molecule has 1 aliphatic heterocycles. The summed E-state index contributed by atoms with van der Waals surface area (Å²) in [5.74, 6) is -1.45. The third-order valence-corrected chi connectivity index (χ3v) is 4.70. The lowest BCUT2D eigenvalue weighted by atomic mass is 9.99. The van der Waals surface area contributed by atoms with Gasteiger partial charge in [-0.3, -0.25) is 4.79 Å². The quantitative estimate of drug-likeness (QED) is 0.499. The molecule has 2 aromatic rings. The van der Waals surface area contributed by atoms with Crippen molar-refractivity contribution in [1.29, 1.82) is 0 Å². The number of carbonyl (C=O) groups excluding carboxylic acids is 1. The summed E-state index contributed by atoms with van der Waals surface area (Å²) in [5, 5.41) is 38.7. The number of aliphatic hydroxyl groups is 3. The molecule has 1 fully saturated rings. The lowest BCUT2D eigenvalue weighted by molar-refractivity contribution is -0.271. The van der Waals surface area contributed by atoms with Gasteiger partial charge in [-0.15, -0.1) is 0 Å². The molecule has 1 saturated heterocycles. The molecule has 0 radical (unpaired) electrons. The van der Waals surface area contributed by atoms with E-state index in [1.165, 1.54) is 12.1 Å². The van der Waals surface area contributed by atoms with Crippen molar-refractivity contribution in [3.05, 3.63) is 65.7 Å². The van der Waals surface area contributed by atoms with E-state index in [0.29, 0.717) is 18.4 Å². The van der Waals surface area contributed by atoms with Crippen LogP contribution in [0, 0.1) is 0 Å². The number of hydrogen-bond donors (Lipinski definition) is 4. The predicted octanol–water partition coefficient (Wildman–Crippen LogP) is 0.773. The summed E-state index contributed by atoms with van der Waals surface area (Å²) in [5.41, 5.74) is 1.43. The molecule has 0 saturated carbocycles. The van der Waals surface area contributed by atoms with Gasteiger partial charge in [0.15, 0.2) is 11.9 Å². The fourth-order valence-electron chi connectivity index (χ4n) is 3.07. The Bertz CT molecular complexity index is 853. The van der Waals surface area contributed by atoms with Gasteiger partial charge in [-0.1, -0.05) is 42.5 Å².